The number of rotatable bonds is 12. The van der Waals surface area contributed by atoms with Crippen LogP contribution in [0.3, 0.4) is 0 Å². The Labute approximate surface area is 242 Å². The van der Waals surface area contributed by atoms with Crippen molar-refractivity contribution in [1.29, 1.82) is 0 Å². The normalized spacial score (nSPS) is 24.5. The number of hydrogen-bond acceptors (Lipinski definition) is 12. The van der Waals surface area contributed by atoms with E-state index >= 15 is 4.39 Å². The third-order valence-corrected chi connectivity index (χ3v) is 8.31. The zero-order valence-corrected chi connectivity index (χ0v) is 25.2. The van der Waals surface area contributed by atoms with Gasteiger partial charge in [0.15, 0.2) is 29.4 Å². The monoisotopic (exact) mass is 609 g/mol. The highest BCUT2D eigenvalue weighted by Crippen LogP contribution is 2.49. The molecule has 3 heterocycles. The Morgan fingerprint density at radius 2 is 1.98 bits per heavy atom. The van der Waals surface area contributed by atoms with E-state index in [1.54, 1.807) is 70.1 Å². The SMILES string of the molecule is CC[C@]1(COP(=O)(N[C@@H](C)C(=O)OC(C)C)Oc2ccccc2)O[C@@H](n2cnc3c(N(C)C)nc(N)nc32)[C@@H](F)[C@@H]1O. The molecule has 4 rings (SSSR count). The number of nitrogens with two attached hydrogens (primary N) is 1. The molecular weight excluding hydrogens is 572 g/mol. The summed E-state index contributed by atoms with van der Waals surface area (Å²) < 4.78 is 53.8. The summed E-state index contributed by atoms with van der Waals surface area (Å²) in [5.41, 5.74) is 4.80. The molecule has 0 amide bonds. The first-order valence-corrected chi connectivity index (χ1v) is 15.0. The van der Waals surface area contributed by atoms with Gasteiger partial charge in [0.25, 0.3) is 0 Å². The molecule has 3 aromatic rings. The second-order valence-corrected chi connectivity index (χ2v) is 12.1. The number of aromatic nitrogens is 4. The number of ether oxygens (including phenoxy) is 2. The van der Waals surface area contributed by atoms with E-state index in [2.05, 4.69) is 20.0 Å². The topological polar surface area (TPSA) is 176 Å². The van der Waals surface area contributed by atoms with Gasteiger partial charge in [-0.05, 0) is 39.3 Å². The molecule has 0 aliphatic carbocycles. The number of fused-ring (bicyclic) bond motifs is 1. The second-order valence-electron chi connectivity index (χ2n) is 10.5. The number of nitrogens with zero attached hydrogens (tertiary/aromatic N) is 5. The fourth-order valence-electron chi connectivity index (χ4n) is 4.49. The van der Waals surface area contributed by atoms with E-state index in [1.165, 1.54) is 17.8 Å². The average Bonchev–Trinajstić information content (AvgIpc) is 3.45. The van der Waals surface area contributed by atoms with E-state index in [0.29, 0.717) is 11.3 Å². The number of hydrogen-bond donors (Lipinski definition) is 3. The molecule has 230 valence electrons. The molecule has 42 heavy (non-hydrogen) atoms. The third-order valence-electron chi connectivity index (χ3n) is 6.69. The highest BCUT2D eigenvalue weighted by molar-refractivity contribution is 7.52. The molecule has 16 heteroatoms. The number of nitrogens with one attached hydrogen (secondary N) is 1. The molecule has 0 saturated carbocycles. The quantitative estimate of drug-likeness (QED) is 0.202. The van der Waals surface area contributed by atoms with Crippen LogP contribution in [0.15, 0.2) is 36.7 Å². The van der Waals surface area contributed by atoms with Crippen LogP contribution in [0.2, 0.25) is 0 Å². The summed E-state index contributed by atoms with van der Waals surface area (Å²) in [6, 6.07) is 7.09. The molecule has 1 aliphatic heterocycles. The maximum Gasteiger partial charge on any atom is 0.459 e. The van der Waals surface area contributed by atoms with Gasteiger partial charge in [0.05, 0.1) is 19.0 Å². The van der Waals surface area contributed by atoms with E-state index in [4.69, 9.17) is 24.3 Å². The van der Waals surface area contributed by atoms with Crippen molar-refractivity contribution in [2.75, 3.05) is 31.3 Å². The molecule has 1 saturated heterocycles. The summed E-state index contributed by atoms with van der Waals surface area (Å²) in [6.45, 7) is 5.91. The van der Waals surface area contributed by atoms with Crippen LogP contribution in [0.5, 0.6) is 5.75 Å². The lowest BCUT2D eigenvalue weighted by Gasteiger charge is -2.32. The molecule has 0 radical (unpaired) electrons. The van der Waals surface area contributed by atoms with Crippen molar-refractivity contribution in [3.63, 3.8) is 0 Å². The minimum atomic E-state index is -4.32. The number of aliphatic hydroxyl groups excluding tert-OH is 1. The van der Waals surface area contributed by atoms with Crippen LogP contribution in [0.1, 0.15) is 40.3 Å². The van der Waals surface area contributed by atoms with Crippen molar-refractivity contribution < 1.29 is 37.4 Å². The van der Waals surface area contributed by atoms with Gasteiger partial charge in [0, 0.05) is 14.1 Å². The van der Waals surface area contributed by atoms with E-state index in [1.807, 2.05) is 0 Å². The van der Waals surface area contributed by atoms with Crippen LogP contribution >= 0.6 is 7.75 Å². The van der Waals surface area contributed by atoms with Crippen molar-refractivity contribution in [2.24, 2.45) is 0 Å². The molecule has 1 aromatic carbocycles. The smallest absolute Gasteiger partial charge is 0.459 e. The lowest BCUT2D eigenvalue weighted by Crippen LogP contribution is -2.46. The van der Waals surface area contributed by atoms with E-state index in [9.17, 15) is 14.5 Å². The van der Waals surface area contributed by atoms with Crippen molar-refractivity contribution in [3.8, 4) is 5.75 Å². The molecule has 0 spiro atoms. The Morgan fingerprint density at radius 1 is 1.29 bits per heavy atom. The highest BCUT2D eigenvalue weighted by Gasteiger charge is 2.56. The maximum atomic E-state index is 15.8. The third kappa shape index (κ3) is 6.50. The van der Waals surface area contributed by atoms with E-state index in [0.717, 1.165) is 0 Å². The molecule has 0 bridgehead atoms. The molecule has 1 aliphatic rings. The summed E-state index contributed by atoms with van der Waals surface area (Å²) in [5, 5.41) is 13.7. The largest absolute Gasteiger partial charge is 0.462 e. The number of aliphatic hydroxyl groups is 1. The summed E-state index contributed by atoms with van der Waals surface area (Å²) in [6.07, 6.45) is -4.04. The molecule has 1 fully saturated rings. The molecule has 4 N–H and O–H groups in total. The van der Waals surface area contributed by atoms with Crippen molar-refractivity contribution in [1.82, 2.24) is 24.6 Å². The van der Waals surface area contributed by atoms with Crippen molar-refractivity contribution in [2.45, 2.75) is 70.4 Å². The number of para-hydroxylation sites is 1. The number of esters is 1. The predicted octanol–water partition coefficient (Wildman–Crippen LogP) is 2.98. The summed E-state index contributed by atoms with van der Waals surface area (Å²) >= 11 is 0. The average molecular weight is 610 g/mol. The minimum absolute atomic E-state index is 0.0535. The zero-order valence-electron chi connectivity index (χ0n) is 24.3. The number of nitrogen functional groups attached to an aromatic ring is 1. The summed E-state index contributed by atoms with van der Waals surface area (Å²) in [4.78, 5) is 26.9. The van der Waals surface area contributed by atoms with Gasteiger partial charge < -0.3 is 29.7 Å². The van der Waals surface area contributed by atoms with Gasteiger partial charge in [-0.3, -0.25) is 13.9 Å². The molecule has 14 nitrogen and oxygen atoms in total. The Kier molecular flexibility index (Phi) is 9.38. The van der Waals surface area contributed by atoms with Crippen LogP contribution in [0, 0.1) is 0 Å². The zero-order chi connectivity index (χ0) is 30.8. The number of alkyl halides is 1. The van der Waals surface area contributed by atoms with Crippen LogP contribution in [-0.4, -0.2) is 81.3 Å². The van der Waals surface area contributed by atoms with Crippen LogP contribution in [0.4, 0.5) is 16.2 Å². The first-order chi connectivity index (χ1) is 19.8. The van der Waals surface area contributed by atoms with Gasteiger partial charge in [-0.1, -0.05) is 25.1 Å². The number of imidazole rings is 1. The predicted molar refractivity (Wildman–Crippen MR) is 153 cm³/mol. The Bertz CT molecular complexity index is 1440. The number of halogens is 1. The number of anilines is 2. The first kappa shape index (κ1) is 31.6. The Balaban J connectivity index is 1.62. The molecular formula is C26H37FN7O7P. The number of carbonyl (C=O) groups is 1. The second kappa shape index (κ2) is 12.5. The fourth-order valence-corrected chi connectivity index (χ4v) is 6.04. The van der Waals surface area contributed by atoms with E-state index < -0.39 is 56.6 Å². The van der Waals surface area contributed by atoms with Gasteiger partial charge in [0.1, 0.15) is 23.5 Å². The molecule has 6 atom stereocenters. The standard InChI is InChI=1S/C26H37FN7O7P/c1-7-26(13-38-42(37,41-17-11-9-8-10-12-17)32-16(4)24(36)39-15(2)3)20(35)18(27)23(40-26)34-14-29-19-21(33(5)6)30-25(28)31-22(19)34/h8-12,14-16,18,20,23,35H,7,13H2,1-6H3,(H,32,37)(H2,28,30,31)/t16-,18-,20-,23+,26+,42?/m0/s1. The maximum absolute atomic E-state index is 15.8. The number of carbonyl (C=O) groups excluding carboxylic acids is 1. The van der Waals surface area contributed by atoms with Gasteiger partial charge in [-0.2, -0.15) is 15.1 Å². The van der Waals surface area contributed by atoms with Gasteiger partial charge in [0.2, 0.25) is 5.95 Å². The van der Waals surface area contributed by atoms with Gasteiger partial charge in [-0.15, -0.1) is 0 Å². The molecule has 2 aromatic heterocycles. The first-order valence-electron chi connectivity index (χ1n) is 13.4. The number of benzene rings is 1. The summed E-state index contributed by atoms with van der Waals surface area (Å²) in [5.74, 6) is -0.119. The van der Waals surface area contributed by atoms with Crippen LogP contribution in [-0.2, 0) is 23.4 Å². The van der Waals surface area contributed by atoms with E-state index in [-0.39, 0.29) is 23.8 Å². The lowest BCUT2D eigenvalue weighted by atomic mass is 9.94. The van der Waals surface area contributed by atoms with Crippen LogP contribution < -0.4 is 20.2 Å². The minimum Gasteiger partial charge on any atom is -0.462 e. The molecule has 1 unspecified atom stereocenters. The lowest BCUT2D eigenvalue weighted by molar-refractivity contribution is -0.149. The van der Waals surface area contributed by atoms with Gasteiger partial charge in [-0.25, -0.2) is 13.9 Å². The Hall–Kier alpha value is -3.36. The highest BCUT2D eigenvalue weighted by atomic mass is 31.2. The van der Waals surface area contributed by atoms with Crippen molar-refractivity contribution in [3.05, 3.63) is 36.7 Å². The van der Waals surface area contributed by atoms with Crippen molar-refractivity contribution >= 4 is 36.6 Å². The fraction of sp³-hybridized carbons (Fsp3) is 0.538. The Morgan fingerprint density at radius 3 is 2.60 bits per heavy atom. The summed E-state index contributed by atoms with van der Waals surface area (Å²) in [7, 11) is -0.817. The van der Waals surface area contributed by atoms with Gasteiger partial charge >= 0.3 is 13.7 Å². The van der Waals surface area contributed by atoms with Crippen LogP contribution in [0.25, 0.3) is 11.2 Å².